The third kappa shape index (κ3) is 4.33. The minimum atomic E-state index is -0.552. The molecule has 0 fully saturated rings. The van der Waals surface area contributed by atoms with Crippen molar-refractivity contribution in [3.8, 4) is 5.75 Å². The van der Waals surface area contributed by atoms with Gasteiger partial charge in [-0.2, -0.15) is 0 Å². The normalized spacial score (nSPS) is 10.3. The molecule has 19 heavy (non-hydrogen) atoms. The van der Waals surface area contributed by atoms with Crippen LogP contribution in [0.1, 0.15) is 24.2 Å². The number of hydrogen-bond donors (Lipinski definition) is 4. The molecule has 0 atom stereocenters. The first-order valence-corrected chi connectivity index (χ1v) is 6.04. The summed E-state index contributed by atoms with van der Waals surface area (Å²) in [7, 11) is 0. The third-order valence-electron chi connectivity index (χ3n) is 2.22. The van der Waals surface area contributed by atoms with Gasteiger partial charge >= 0.3 is 0 Å². The Balaban J connectivity index is 2.69. The molecule has 2 amide bonds. The molecule has 7 heteroatoms. The number of benzene rings is 1. The first-order valence-electron chi connectivity index (χ1n) is 5.66. The molecule has 5 N–H and O–H groups in total. The van der Waals surface area contributed by atoms with Crippen molar-refractivity contribution < 1.29 is 14.7 Å². The summed E-state index contributed by atoms with van der Waals surface area (Å²) in [6.07, 6.45) is 0. The molecule has 0 saturated carbocycles. The fourth-order valence-corrected chi connectivity index (χ4v) is 1.57. The number of phenols is 1. The maximum atomic E-state index is 11.8. The van der Waals surface area contributed by atoms with Crippen LogP contribution in [0.25, 0.3) is 0 Å². The molecule has 0 aliphatic carbocycles. The van der Waals surface area contributed by atoms with E-state index < -0.39 is 5.91 Å². The Hall–Kier alpha value is -1.95. The molecular weight excluding hydrogens is 270 g/mol. The fourth-order valence-electron chi connectivity index (χ4n) is 1.40. The van der Waals surface area contributed by atoms with Crippen LogP contribution >= 0.6 is 11.6 Å². The summed E-state index contributed by atoms with van der Waals surface area (Å²) in [6, 6.07) is 2.43. The molecule has 0 radical (unpaired) electrons. The highest BCUT2D eigenvalue weighted by molar-refractivity contribution is 6.32. The van der Waals surface area contributed by atoms with E-state index in [-0.39, 0.29) is 40.5 Å². The number of carbonyl (C=O) groups excluding carboxylic acids is 2. The molecule has 104 valence electrons. The standard InChI is InChI=1S/C12H16ClN3O3/c1-6(2)16-11(18)5-15-12(19)7-3-10(17)8(13)4-9(7)14/h3-4,6,17H,5,14H2,1-2H3,(H,15,19)(H,16,18). The Morgan fingerprint density at radius 1 is 1.42 bits per heavy atom. The van der Waals surface area contributed by atoms with Gasteiger partial charge < -0.3 is 21.5 Å². The summed E-state index contributed by atoms with van der Waals surface area (Å²) in [5.74, 6) is -1.10. The van der Waals surface area contributed by atoms with Crippen LogP contribution in [0.3, 0.4) is 0 Å². The number of rotatable bonds is 4. The third-order valence-corrected chi connectivity index (χ3v) is 2.53. The van der Waals surface area contributed by atoms with E-state index >= 15 is 0 Å². The van der Waals surface area contributed by atoms with Gasteiger partial charge in [0.2, 0.25) is 5.91 Å². The van der Waals surface area contributed by atoms with Gasteiger partial charge in [-0.15, -0.1) is 0 Å². The monoisotopic (exact) mass is 285 g/mol. The molecule has 1 aromatic rings. The quantitative estimate of drug-likeness (QED) is 0.487. The lowest BCUT2D eigenvalue weighted by molar-refractivity contribution is -0.120. The van der Waals surface area contributed by atoms with E-state index in [1.165, 1.54) is 6.07 Å². The van der Waals surface area contributed by atoms with Crippen LogP contribution in [-0.2, 0) is 4.79 Å². The van der Waals surface area contributed by atoms with E-state index in [4.69, 9.17) is 17.3 Å². The molecule has 0 aliphatic rings. The van der Waals surface area contributed by atoms with Crippen molar-refractivity contribution in [2.75, 3.05) is 12.3 Å². The second-order valence-corrected chi connectivity index (χ2v) is 4.70. The Kier molecular flexibility index (Phi) is 5.00. The zero-order valence-electron chi connectivity index (χ0n) is 10.7. The summed E-state index contributed by atoms with van der Waals surface area (Å²) in [4.78, 5) is 23.2. The van der Waals surface area contributed by atoms with Gasteiger partial charge in [0.15, 0.2) is 0 Å². The number of amides is 2. The minimum absolute atomic E-state index is 0.00551. The van der Waals surface area contributed by atoms with Gasteiger partial charge in [0.05, 0.1) is 17.1 Å². The van der Waals surface area contributed by atoms with Crippen molar-refractivity contribution in [3.05, 3.63) is 22.7 Å². The highest BCUT2D eigenvalue weighted by atomic mass is 35.5. The number of phenolic OH excluding ortho intramolecular Hbond substituents is 1. The molecule has 1 rings (SSSR count). The molecule has 0 saturated heterocycles. The van der Waals surface area contributed by atoms with Gasteiger partial charge in [-0.25, -0.2) is 0 Å². The number of aromatic hydroxyl groups is 1. The number of nitrogens with one attached hydrogen (secondary N) is 2. The first kappa shape index (κ1) is 15.1. The first-order chi connectivity index (χ1) is 8.81. The van der Waals surface area contributed by atoms with Crippen LogP contribution in [-0.4, -0.2) is 29.5 Å². The number of nitrogen functional groups attached to an aromatic ring is 1. The lowest BCUT2D eigenvalue weighted by Gasteiger charge is -2.11. The second kappa shape index (κ2) is 6.29. The van der Waals surface area contributed by atoms with Gasteiger partial charge in [-0.1, -0.05) is 11.6 Å². The van der Waals surface area contributed by atoms with E-state index in [2.05, 4.69) is 10.6 Å². The number of hydrogen-bond acceptors (Lipinski definition) is 4. The van der Waals surface area contributed by atoms with E-state index in [0.717, 1.165) is 6.07 Å². The van der Waals surface area contributed by atoms with Crippen molar-refractivity contribution in [2.45, 2.75) is 19.9 Å². The van der Waals surface area contributed by atoms with Crippen LogP contribution in [0.2, 0.25) is 5.02 Å². The van der Waals surface area contributed by atoms with Crippen LogP contribution in [0.4, 0.5) is 5.69 Å². The number of halogens is 1. The van der Waals surface area contributed by atoms with Crippen LogP contribution in [0, 0.1) is 0 Å². The number of nitrogens with two attached hydrogens (primary N) is 1. The molecule has 1 aromatic carbocycles. The summed E-state index contributed by atoms with van der Waals surface area (Å²) in [5.41, 5.74) is 5.82. The zero-order chi connectivity index (χ0) is 14.6. The van der Waals surface area contributed by atoms with Gasteiger partial charge in [-0.3, -0.25) is 9.59 Å². The minimum Gasteiger partial charge on any atom is -0.506 e. The highest BCUT2D eigenvalue weighted by Crippen LogP contribution is 2.28. The van der Waals surface area contributed by atoms with Crippen molar-refractivity contribution in [3.63, 3.8) is 0 Å². The Morgan fingerprint density at radius 2 is 2.05 bits per heavy atom. The average molecular weight is 286 g/mol. The second-order valence-electron chi connectivity index (χ2n) is 4.30. The summed E-state index contributed by atoms with van der Waals surface area (Å²) >= 11 is 5.65. The zero-order valence-corrected chi connectivity index (χ0v) is 11.4. The molecule has 6 nitrogen and oxygen atoms in total. The lowest BCUT2D eigenvalue weighted by Crippen LogP contribution is -2.39. The fraction of sp³-hybridized carbons (Fsp3) is 0.333. The van der Waals surface area contributed by atoms with E-state index in [9.17, 15) is 14.7 Å². The largest absolute Gasteiger partial charge is 0.506 e. The SMILES string of the molecule is CC(C)NC(=O)CNC(=O)c1cc(O)c(Cl)cc1N. The molecule has 0 spiro atoms. The van der Waals surface area contributed by atoms with Crippen LogP contribution in [0.5, 0.6) is 5.75 Å². The lowest BCUT2D eigenvalue weighted by atomic mass is 10.1. The van der Waals surface area contributed by atoms with Crippen molar-refractivity contribution >= 4 is 29.1 Å². The molecule has 0 unspecified atom stereocenters. The van der Waals surface area contributed by atoms with Gasteiger partial charge in [0.25, 0.3) is 5.91 Å². The molecule has 0 aromatic heterocycles. The highest BCUT2D eigenvalue weighted by Gasteiger charge is 2.14. The molecule has 0 aliphatic heterocycles. The van der Waals surface area contributed by atoms with Crippen molar-refractivity contribution in [1.29, 1.82) is 0 Å². The van der Waals surface area contributed by atoms with Crippen LogP contribution < -0.4 is 16.4 Å². The maximum absolute atomic E-state index is 11.8. The summed E-state index contributed by atoms with van der Waals surface area (Å²) < 4.78 is 0. The molecule has 0 bridgehead atoms. The van der Waals surface area contributed by atoms with Gasteiger partial charge in [0.1, 0.15) is 5.75 Å². The Labute approximate surface area is 115 Å². The van der Waals surface area contributed by atoms with Gasteiger partial charge in [-0.05, 0) is 26.0 Å². The predicted molar refractivity (Wildman–Crippen MR) is 73.1 cm³/mol. The molecule has 0 heterocycles. The average Bonchev–Trinajstić information content (AvgIpc) is 2.30. The Bertz CT molecular complexity index is 503. The topological polar surface area (TPSA) is 104 Å². The summed E-state index contributed by atoms with van der Waals surface area (Å²) in [6.45, 7) is 3.46. The van der Waals surface area contributed by atoms with E-state index in [0.29, 0.717) is 0 Å². The van der Waals surface area contributed by atoms with Crippen LogP contribution in [0.15, 0.2) is 12.1 Å². The number of anilines is 1. The van der Waals surface area contributed by atoms with E-state index in [1.54, 1.807) is 0 Å². The van der Waals surface area contributed by atoms with Crippen molar-refractivity contribution in [1.82, 2.24) is 10.6 Å². The van der Waals surface area contributed by atoms with Gasteiger partial charge in [0, 0.05) is 11.7 Å². The smallest absolute Gasteiger partial charge is 0.253 e. The maximum Gasteiger partial charge on any atom is 0.253 e. The van der Waals surface area contributed by atoms with E-state index in [1.807, 2.05) is 13.8 Å². The van der Waals surface area contributed by atoms with Crippen molar-refractivity contribution in [2.24, 2.45) is 0 Å². The molecular formula is C12H16ClN3O3. The Morgan fingerprint density at radius 3 is 2.63 bits per heavy atom. The summed E-state index contributed by atoms with van der Waals surface area (Å²) in [5, 5.41) is 14.5. The predicted octanol–water partition coefficient (Wildman–Crippen LogP) is 0.882. The number of carbonyl (C=O) groups is 2.